The predicted molar refractivity (Wildman–Crippen MR) is 159 cm³/mol. The van der Waals surface area contributed by atoms with E-state index in [9.17, 15) is 19.8 Å². The Bertz CT molecular complexity index is 1950. The Morgan fingerprint density at radius 1 is 0.561 bits per heavy atom. The molecule has 6 aromatic rings. The molecular weight excluding hydrogens is 556 g/mol. The van der Waals surface area contributed by atoms with Crippen molar-refractivity contribution < 1.29 is 19.8 Å². The number of thiophene rings is 2. The molecule has 0 radical (unpaired) electrons. The highest BCUT2D eigenvalue weighted by Gasteiger charge is 2.16. The van der Waals surface area contributed by atoms with Crippen LogP contribution in [-0.4, -0.2) is 42.1 Å². The van der Waals surface area contributed by atoms with Gasteiger partial charge in [-0.2, -0.15) is 0 Å². The van der Waals surface area contributed by atoms with Gasteiger partial charge in [-0.3, -0.25) is 15.0 Å². The Balaban J connectivity index is 1.35. The van der Waals surface area contributed by atoms with Crippen molar-refractivity contribution in [1.82, 2.24) is 19.9 Å². The van der Waals surface area contributed by atoms with Crippen molar-refractivity contribution in [3.05, 3.63) is 107 Å². The summed E-state index contributed by atoms with van der Waals surface area (Å²) in [7, 11) is 0. The highest BCUT2D eigenvalue weighted by atomic mass is 32.1. The van der Waals surface area contributed by atoms with Gasteiger partial charge in [0, 0.05) is 33.2 Å². The summed E-state index contributed by atoms with van der Waals surface area (Å²) in [6.07, 6.45) is 4.83. The van der Waals surface area contributed by atoms with Crippen molar-refractivity contribution in [3.8, 4) is 54.2 Å². The number of pyridine rings is 4. The van der Waals surface area contributed by atoms with Crippen molar-refractivity contribution in [2.24, 2.45) is 0 Å². The average Bonchev–Trinajstić information content (AvgIpc) is 3.67. The van der Waals surface area contributed by atoms with Crippen molar-refractivity contribution >= 4 is 34.6 Å². The van der Waals surface area contributed by atoms with E-state index in [4.69, 9.17) is 0 Å². The van der Waals surface area contributed by atoms with E-state index >= 15 is 0 Å². The lowest BCUT2D eigenvalue weighted by atomic mass is 10.1. The molecule has 2 N–H and O–H groups in total. The molecule has 8 nitrogen and oxygen atoms in total. The van der Waals surface area contributed by atoms with Crippen molar-refractivity contribution in [2.75, 3.05) is 0 Å². The lowest BCUT2D eigenvalue weighted by molar-refractivity contribution is 0.0686. The first-order valence-electron chi connectivity index (χ1n) is 12.4. The van der Waals surface area contributed by atoms with Crippen LogP contribution in [0.2, 0.25) is 0 Å². The first-order chi connectivity index (χ1) is 19.8. The van der Waals surface area contributed by atoms with E-state index in [0.29, 0.717) is 11.4 Å². The van der Waals surface area contributed by atoms with Crippen LogP contribution < -0.4 is 0 Å². The quantitative estimate of drug-likeness (QED) is 0.201. The van der Waals surface area contributed by atoms with Crippen LogP contribution in [0.5, 0.6) is 0 Å². The van der Waals surface area contributed by atoms with Gasteiger partial charge in [-0.15, -0.1) is 22.7 Å². The fraction of sp³-hybridized carbons (Fsp3) is 0.0323. The van der Waals surface area contributed by atoms with Crippen LogP contribution >= 0.6 is 22.7 Å². The third kappa shape index (κ3) is 5.51. The van der Waals surface area contributed by atoms with Gasteiger partial charge in [0.2, 0.25) is 0 Å². The monoisotopic (exact) mass is 576 g/mol. The smallest absolute Gasteiger partial charge is 0.335 e. The summed E-state index contributed by atoms with van der Waals surface area (Å²) in [4.78, 5) is 45.7. The van der Waals surface area contributed by atoms with Gasteiger partial charge in [0.05, 0.1) is 44.5 Å². The van der Waals surface area contributed by atoms with Gasteiger partial charge >= 0.3 is 11.9 Å². The van der Waals surface area contributed by atoms with E-state index < -0.39 is 11.9 Å². The SMILES string of the molecule is Cc1ccc(-c2ccnc(-c3ccc(-c4ccnc(-c5cc(C(=O)O)cc(-c6cc(C(=O)O)ccn6)n5)c4)s3)c2)s1. The van der Waals surface area contributed by atoms with Gasteiger partial charge in [-0.05, 0) is 90.8 Å². The van der Waals surface area contributed by atoms with E-state index in [1.807, 2.05) is 36.5 Å². The minimum atomic E-state index is -1.14. The number of carboxylic acid groups (broad SMARTS) is 2. The van der Waals surface area contributed by atoms with Crippen LogP contribution in [0.4, 0.5) is 0 Å². The molecule has 0 aliphatic carbocycles. The highest BCUT2D eigenvalue weighted by molar-refractivity contribution is 7.18. The van der Waals surface area contributed by atoms with Crippen LogP contribution in [0.3, 0.4) is 0 Å². The molecule has 0 fully saturated rings. The summed E-state index contributed by atoms with van der Waals surface area (Å²) in [5.41, 5.74) is 4.22. The van der Waals surface area contributed by atoms with Gasteiger partial charge in [0.15, 0.2) is 0 Å². The van der Waals surface area contributed by atoms with E-state index in [1.165, 1.54) is 40.2 Å². The van der Waals surface area contributed by atoms with Crippen LogP contribution in [0, 0.1) is 6.92 Å². The molecule has 0 saturated heterocycles. The number of nitrogens with zero attached hydrogens (tertiary/aromatic N) is 4. The molecular formula is C31H20N4O4S2. The Morgan fingerprint density at radius 3 is 1.71 bits per heavy atom. The summed E-state index contributed by atoms with van der Waals surface area (Å²) in [6, 6.07) is 21.7. The van der Waals surface area contributed by atoms with Crippen LogP contribution in [-0.2, 0) is 0 Å². The molecule has 0 bridgehead atoms. The molecule has 0 aliphatic rings. The van der Waals surface area contributed by atoms with Gasteiger partial charge in [-0.1, -0.05) is 0 Å². The van der Waals surface area contributed by atoms with Gasteiger partial charge < -0.3 is 10.2 Å². The normalized spacial score (nSPS) is 11.0. The number of carboxylic acids is 2. The molecule has 0 unspecified atom stereocenters. The Morgan fingerprint density at radius 2 is 1.07 bits per heavy atom. The highest BCUT2D eigenvalue weighted by Crippen LogP contribution is 2.37. The van der Waals surface area contributed by atoms with E-state index in [1.54, 1.807) is 28.9 Å². The second-order valence-corrected chi connectivity index (χ2v) is 11.5. The second kappa shape index (κ2) is 10.8. The fourth-order valence-electron chi connectivity index (χ4n) is 4.28. The topological polar surface area (TPSA) is 126 Å². The number of aryl methyl sites for hydroxylation is 1. The molecule has 0 saturated carbocycles. The average molecular weight is 577 g/mol. The van der Waals surface area contributed by atoms with Gasteiger partial charge in [0.1, 0.15) is 0 Å². The van der Waals surface area contributed by atoms with Gasteiger partial charge in [0.25, 0.3) is 0 Å². The standard InChI is InChI=1S/C31H20N4O4S2/c1-17-2-3-27(40-17)19-7-10-34-26(13-19)29-5-4-28(41-29)18-6-9-32-22(12-18)24-15-21(31(38)39)16-25(35-24)23-14-20(30(36)37)8-11-33-23/h2-16H,1H3,(H,36,37)(H,38,39). The third-order valence-electron chi connectivity index (χ3n) is 6.29. The minimum absolute atomic E-state index is 0.00923. The second-order valence-electron chi connectivity index (χ2n) is 9.10. The van der Waals surface area contributed by atoms with Crippen molar-refractivity contribution in [3.63, 3.8) is 0 Å². The molecule has 6 aromatic heterocycles. The van der Waals surface area contributed by atoms with Crippen molar-refractivity contribution in [2.45, 2.75) is 6.92 Å². The summed E-state index contributed by atoms with van der Waals surface area (Å²) in [5, 5.41) is 19.1. The number of aromatic nitrogens is 4. The van der Waals surface area contributed by atoms with Crippen molar-refractivity contribution in [1.29, 1.82) is 0 Å². The summed E-state index contributed by atoms with van der Waals surface area (Å²) in [5.74, 6) is -2.26. The molecule has 200 valence electrons. The number of hydrogen-bond acceptors (Lipinski definition) is 8. The molecule has 6 rings (SSSR count). The van der Waals surface area contributed by atoms with E-state index in [2.05, 4.69) is 45.1 Å². The van der Waals surface area contributed by atoms with E-state index in [0.717, 1.165) is 26.6 Å². The van der Waals surface area contributed by atoms with Crippen LogP contribution in [0.15, 0.2) is 91.4 Å². The van der Waals surface area contributed by atoms with Crippen LogP contribution in [0.1, 0.15) is 25.6 Å². The van der Waals surface area contributed by atoms with E-state index in [-0.39, 0.29) is 22.5 Å². The predicted octanol–water partition coefficient (Wildman–Crippen LogP) is 7.43. The zero-order valence-corrected chi connectivity index (χ0v) is 23.1. The first-order valence-corrected chi connectivity index (χ1v) is 14.0. The molecule has 0 aliphatic heterocycles. The lowest BCUT2D eigenvalue weighted by Crippen LogP contribution is -2.02. The first kappa shape index (κ1) is 26.2. The Kier molecular flexibility index (Phi) is 6.92. The van der Waals surface area contributed by atoms with Gasteiger partial charge in [-0.25, -0.2) is 14.6 Å². The maximum atomic E-state index is 11.9. The Hall–Kier alpha value is -5.06. The number of hydrogen-bond donors (Lipinski definition) is 2. The number of aromatic carboxylic acids is 2. The molecule has 0 aromatic carbocycles. The summed E-state index contributed by atoms with van der Waals surface area (Å²) < 4.78 is 0. The third-order valence-corrected chi connectivity index (χ3v) is 8.50. The number of carbonyl (C=O) groups is 2. The lowest BCUT2D eigenvalue weighted by Gasteiger charge is -2.08. The fourth-order valence-corrected chi connectivity index (χ4v) is 6.12. The molecule has 6 heterocycles. The zero-order valence-electron chi connectivity index (χ0n) is 21.5. The van der Waals surface area contributed by atoms with Crippen LogP contribution in [0.25, 0.3) is 54.2 Å². The zero-order chi connectivity index (χ0) is 28.5. The number of rotatable bonds is 7. The summed E-state index contributed by atoms with van der Waals surface area (Å²) in [6.45, 7) is 2.09. The minimum Gasteiger partial charge on any atom is -0.478 e. The molecule has 0 amide bonds. The molecule has 0 spiro atoms. The maximum absolute atomic E-state index is 11.9. The molecule has 0 atom stereocenters. The molecule has 10 heteroatoms. The largest absolute Gasteiger partial charge is 0.478 e. The maximum Gasteiger partial charge on any atom is 0.335 e. The molecule has 41 heavy (non-hydrogen) atoms. The Labute approximate surface area is 242 Å². The summed E-state index contributed by atoms with van der Waals surface area (Å²) >= 11 is 3.34.